The number of hydrazone groups is 1. The molecule has 0 fully saturated rings. The zero-order valence-electron chi connectivity index (χ0n) is 14.8. The first-order valence-corrected chi connectivity index (χ1v) is 9.20. The van der Waals surface area contributed by atoms with Gasteiger partial charge in [0.25, 0.3) is 0 Å². The van der Waals surface area contributed by atoms with Crippen molar-refractivity contribution in [1.82, 2.24) is 9.97 Å². The molecule has 0 amide bonds. The average Bonchev–Trinajstić information content (AvgIpc) is 2.68. The molecule has 7 nitrogen and oxygen atoms in total. The van der Waals surface area contributed by atoms with Crippen molar-refractivity contribution in [3.63, 3.8) is 0 Å². The third-order valence-electron chi connectivity index (χ3n) is 4.15. The quantitative estimate of drug-likeness (QED) is 0.789. The highest BCUT2D eigenvalue weighted by Crippen LogP contribution is 2.36. The normalized spacial score (nSPS) is 15.9. The fourth-order valence-electron chi connectivity index (χ4n) is 2.83. The monoisotopic (exact) mass is 412 g/mol. The van der Waals surface area contributed by atoms with Crippen LogP contribution in [0.3, 0.4) is 0 Å². The lowest BCUT2D eigenvalue weighted by Gasteiger charge is -2.25. The van der Waals surface area contributed by atoms with Gasteiger partial charge in [0.05, 0.1) is 28.4 Å². The minimum atomic E-state index is 0.312. The summed E-state index contributed by atoms with van der Waals surface area (Å²) in [7, 11) is 1.75. The van der Waals surface area contributed by atoms with Gasteiger partial charge in [-0.1, -0.05) is 35.3 Å². The maximum absolute atomic E-state index is 9.02. The van der Waals surface area contributed by atoms with Crippen LogP contribution in [0.1, 0.15) is 18.4 Å². The van der Waals surface area contributed by atoms with Gasteiger partial charge in [0.15, 0.2) is 11.6 Å². The Morgan fingerprint density at radius 3 is 2.96 bits per heavy atom. The fourth-order valence-corrected chi connectivity index (χ4v) is 3.48. The summed E-state index contributed by atoms with van der Waals surface area (Å²) in [5, 5.41) is 19.2. The summed E-state index contributed by atoms with van der Waals surface area (Å²) >= 11 is 12.6. The number of hydrogen-bond donors (Lipinski definition) is 1. The van der Waals surface area contributed by atoms with Crippen LogP contribution in [0.2, 0.25) is 0 Å². The highest BCUT2D eigenvalue weighted by molar-refractivity contribution is 6.40. The van der Waals surface area contributed by atoms with Gasteiger partial charge in [-0.2, -0.15) is 10.2 Å². The van der Waals surface area contributed by atoms with E-state index in [0.717, 1.165) is 6.42 Å². The van der Waals surface area contributed by atoms with Crippen molar-refractivity contribution >= 4 is 46.6 Å². The van der Waals surface area contributed by atoms with Crippen molar-refractivity contribution in [2.45, 2.75) is 12.8 Å². The van der Waals surface area contributed by atoms with Gasteiger partial charge < -0.3 is 10.1 Å². The molecule has 0 atom stereocenters. The number of anilines is 3. The van der Waals surface area contributed by atoms with Gasteiger partial charge in [0.1, 0.15) is 0 Å². The van der Waals surface area contributed by atoms with Crippen molar-refractivity contribution in [2.75, 3.05) is 17.4 Å². The highest BCUT2D eigenvalue weighted by atomic mass is 35.5. The lowest BCUT2D eigenvalue weighted by Crippen LogP contribution is -2.27. The SMILES string of the molecule is CN1N=C(C2=C(Cl)CCC=C2Cl)Oc2cnc(Nc3cccc(C#N)c3)nc21. The lowest BCUT2D eigenvalue weighted by molar-refractivity contribution is 0.524. The van der Waals surface area contributed by atoms with E-state index in [0.29, 0.717) is 56.7 Å². The molecule has 0 radical (unpaired) electrons. The molecule has 4 rings (SSSR count). The summed E-state index contributed by atoms with van der Waals surface area (Å²) in [6, 6.07) is 9.14. The number of nitriles is 1. The molecule has 140 valence electrons. The van der Waals surface area contributed by atoms with Crippen molar-refractivity contribution in [3.05, 3.63) is 57.7 Å². The first-order valence-electron chi connectivity index (χ1n) is 8.44. The van der Waals surface area contributed by atoms with E-state index in [2.05, 4.69) is 26.5 Å². The number of nitrogens with one attached hydrogen (secondary N) is 1. The molecule has 1 aliphatic heterocycles. The number of fused-ring (bicyclic) bond motifs is 1. The van der Waals surface area contributed by atoms with E-state index in [9.17, 15) is 0 Å². The van der Waals surface area contributed by atoms with Crippen LogP contribution in [0.4, 0.5) is 17.5 Å². The number of allylic oxidation sites excluding steroid dienone is 2. The van der Waals surface area contributed by atoms with Crippen molar-refractivity contribution in [2.24, 2.45) is 5.10 Å². The molecule has 2 aromatic rings. The van der Waals surface area contributed by atoms with Crippen LogP contribution in [0.5, 0.6) is 5.75 Å². The predicted molar refractivity (Wildman–Crippen MR) is 109 cm³/mol. The van der Waals surface area contributed by atoms with Crippen molar-refractivity contribution < 1.29 is 4.74 Å². The Kier molecular flexibility index (Phi) is 4.90. The molecule has 1 aromatic carbocycles. The second-order valence-electron chi connectivity index (χ2n) is 6.10. The van der Waals surface area contributed by atoms with Crippen LogP contribution < -0.4 is 15.1 Å². The fraction of sp³-hybridized carbons (Fsp3) is 0.158. The van der Waals surface area contributed by atoms with Crippen LogP contribution >= 0.6 is 23.2 Å². The van der Waals surface area contributed by atoms with Crippen LogP contribution in [-0.4, -0.2) is 22.9 Å². The smallest absolute Gasteiger partial charge is 0.246 e. The molecule has 0 saturated carbocycles. The van der Waals surface area contributed by atoms with E-state index < -0.39 is 0 Å². The Morgan fingerprint density at radius 2 is 2.18 bits per heavy atom. The average molecular weight is 413 g/mol. The molecule has 28 heavy (non-hydrogen) atoms. The van der Waals surface area contributed by atoms with Crippen LogP contribution in [0.25, 0.3) is 0 Å². The predicted octanol–water partition coefficient (Wildman–Crippen LogP) is 4.64. The second-order valence-corrected chi connectivity index (χ2v) is 6.96. The van der Waals surface area contributed by atoms with Crippen LogP contribution in [0.15, 0.2) is 57.3 Å². The van der Waals surface area contributed by atoms with Crippen LogP contribution in [0, 0.1) is 11.3 Å². The third kappa shape index (κ3) is 3.52. The largest absolute Gasteiger partial charge is 0.431 e. The first kappa shape index (κ1) is 18.3. The number of aromatic nitrogens is 2. The third-order valence-corrected chi connectivity index (χ3v) is 4.87. The molecule has 0 unspecified atom stereocenters. The Labute approximate surface area is 171 Å². The maximum atomic E-state index is 9.02. The van der Waals surface area contributed by atoms with E-state index in [1.165, 1.54) is 0 Å². The maximum Gasteiger partial charge on any atom is 0.246 e. The molecule has 0 saturated heterocycles. The highest BCUT2D eigenvalue weighted by Gasteiger charge is 2.27. The number of hydrogen-bond acceptors (Lipinski definition) is 7. The van der Waals surface area contributed by atoms with Crippen molar-refractivity contribution in [3.8, 4) is 11.8 Å². The summed E-state index contributed by atoms with van der Waals surface area (Å²) in [5.74, 6) is 1.60. The van der Waals surface area contributed by atoms with E-state index in [4.69, 9.17) is 33.2 Å². The summed E-state index contributed by atoms with van der Waals surface area (Å²) in [6.45, 7) is 0. The van der Waals surface area contributed by atoms with E-state index in [1.807, 2.05) is 12.1 Å². The van der Waals surface area contributed by atoms with Gasteiger partial charge in [-0.25, -0.2) is 9.99 Å². The zero-order valence-corrected chi connectivity index (χ0v) is 16.3. The van der Waals surface area contributed by atoms with Crippen molar-refractivity contribution in [1.29, 1.82) is 5.26 Å². The molecular formula is C19H14Cl2N6O. The summed E-state index contributed by atoms with van der Waals surface area (Å²) in [6.07, 6.45) is 4.92. The number of nitrogens with zero attached hydrogens (tertiary/aromatic N) is 5. The topological polar surface area (TPSA) is 86.4 Å². The van der Waals surface area contributed by atoms with Gasteiger partial charge in [-0.15, -0.1) is 5.10 Å². The number of ether oxygens (including phenoxy) is 1. The molecule has 1 N–H and O–H groups in total. The summed E-state index contributed by atoms with van der Waals surface area (Å²) < 4.78 is 5.87. The van der Waals surface area contributed by atoms with Gasteiger partial charge in [0.2, 0.25) is 11.8 Å². The minimum Gasteiger partial charge on any atom is -0.431 e. The number of rotatable bonds is 3. The molecule has 0 bridgehead atoms. The molecule has 0 spiro atoms. The molecule has 1 aliphatic carbocycles. The zero-order chi connectivity index (χ0) is 19.7. The Bertz CT molecular complexity index is 1090. The molecule has 9 heteroatoms. The Balaban J connectivity index is 1.61. The lowest BCUT2D eigenvalue weighted by atomic mass is 10.1. The van der Waals surface area contributed by atoms with Gasteiger partial charge in [0, 0.05) is 17.8 Å². The van der Waals surface area contributed by atoms with Crippen LogP contribution in [-0.2, 0) is 0 Å². The van der Waals surface area contributed by atoms with Gasteiger partial charge >= 0.3 is 0 Å². The van der Waals surface area contributed by atoms with Gasteiger partial charge in [-0.3, -0.25) is 0 Å². The van der Waals surface area contributed by atoms with E-state index >= 15 is 0 Å². The molecule has 2 aliphatic rings. The summed E-state index contributed by atoms with van der Waals surface area (Å²) in [5.41, 5.74) is 1.83. The van der Waals surface area contributed by atoms with E-state index in [-0.39, 0.29) is 0 Å². The minimum absolute atomic E-state index is 0.312. The molecule has 1 aromatic heterocycles. The van der Waals surface area contributed by atoms with E-state index in [1.54, 1.807) is 36.5 Å². The molecule has 2 heterocycles. The molecular weight excluding hydrogens is 399 g/mol. The Morgan fingerprint density at radius 1 is 1.32 bits per heavy atom. The summed E-state index contributed by atoms with van der Waals surface area (Å²) in [4.78, 5) is 8.74. The standard InChI is InChI=1S/C19H14Cl2N6O/c1-27-17-15(28-18(26-27)16-13(20)6-3-7-14(16)21)10-23-19(25-17)24-12-5-2-4-11(8-12)9-22/h2,4-6,8,10H,3,7H2,1H3,(H,23,24,25). The number of halogens is 2. The second kappa shape index (κ2) is 7.50. The van der Waals surface area contributed by atoms with Gasteiger partial charge in [-0.05, 0) is 31.0 Å². The first-order chi connectivity index (χ1) is 13.5. The Hall–Kier alpha value is -3.08. The number of benzene rings is 1.